The molecule has 0 unspecified atom stereocenters. The number of nitrogens with zero attached hydrogens (tertiary/aromatic N) is 4. The lowest BCUT2D eigenvalue weighted by atomic mass is 9.97. The maximum Gasteiger partial charge on any atom is 0.305 e. The van der Waals surface area contributed by atoms with Crippen molar-refractivity contribution in [3.8, 4) is 11.3 Å². The number of hydrogen-bond acceptors (Lipinski definition) is 8. The molecule has 0 fully saturated rings. The van der Waals surface area contributed by atoms with Gasteiger partial charge in [0.2, 0.25) is 16.0 Å². The number of hydrogen-bond donors (Lipinski definition) is 3. The van der Waals surface area contributed by atoms with Gasteiger partial charge in [-0.1, -0.05) is 32.1 Å². The van der Waals surface area contributed by atoms with Crippen LogP contribution in [-0.4, -0.2) is 63.1 Å². The van der Waals surface area contributed by atoms with Crippen molar-refractivity contribution >= 4 is 33.8 Å². The van der Waals surface area contributed by atoms with Gasteiger partial charge in [0, 0.05) is 23.7 Å². The van der Waals surface area contributed by atoms with Crippen LogP contribution < -0.4 is 4.31 Å². The van der Waals surface area contributed by atoms with E-state index in [0.29, 0.717) is 16.8 Å². The Kier molecular flexibility index (Phi) is 9.26. The summed E-state index contributed by atoms with van der Waals surface area (Å²) in [6.07, 6.45) is 2.16. The Morgan fingerprint density at radius 3 is 2.34 bits per heavy atom. The molecule has 2 aromatic heterocycles. The summed E-state index contributed by atoms with van der Waals surface area (Å²) in [5.41, 5.74) is 1.62. The molecule has 3 N–H and O–H groups in total. The Morgan fingerprint density at radius 2 is 1.79 bits per heavy atom. The molecule has 0 amide bonds. The molecule has 2 heterocycles. The molecular weight excluding hydrogens is 515 g/mol. The van der Waals surface area contributed by atoms with E-state index in [0.717, 1.165) is 10.6 Å². The molecule has 0 radical (unpaired) electrons. The number of aliphatic hydroxyl groups excluding tert-OH is 2. The minimum absolute atomic E-state index is 0.0842. The average molecular weight is 545 g/mol. The van der Waals surface area contributed by atoms with Gasteiger partial charge in [0.05, 0.1) is 36.3 Å². The quantitative estimate of drug-likeness (QED) is 0.329. The maximum absolute atomic E-state index is 13.7. The molecular formula is C26H29FN4O6S. The van der Waals surface area contributed by atoms with E-state index in [1.54, 1.807) is 12.1 Å². The van der Waals surface area contributed by atoms with Crippen molar-refractivity contribution < 1.29 is 32.9 Å². The molecule has 12 heteroatoms. The third kappa shape index (κ3) is 7.40. The lowest BCUT2D eigenvalue weighted by Crippen LogP contribution is -2.28. The smallest absolute Gasteiger partial charge is 0.305 e. The standard InChI is InChI=1S/C26H29FN4O6S/c1-16(2)24-21(12-11-19(32)14-20(33)15-23(34)35)25(17-7-9-18(27)10-8-17)30-26(29-24)31(38(3,36)37)22-6-4-5-13-28-22/h4-13,16,19-20,32-33H,14-15H2,1-3H3,(H,34,35)/t19-,20-/m1/s1. The number of aliphatic carboxylic acids is 1. The average Bonchev–Trinajstić information content (AvgIpc) is 2.82. The number of anilines is 2. The van der Waals surface area contributed by atoms with Gasteiger partial charge in [-0.2, -0.15) is 4.31 Å². The molecule has 10 nitrogen and oxygen atoms in total. The maximum atomic E-state index is 13.7. The van der Waals surface area contributed by atoms with Crippen LogP contribution in [0.2, 0.25) is 0 Å². The molecule has 0 saturated carbocycles. The lowest BCUT2D eigenvalue weighted by Gasteiger charge is -2.23. The Labute approximate surface area is 220 Å². The van der Waals surface area contributed by atoms with Crippen molar-refractivity contribution in [1.82, 2.24) is 15.0 Å². The zero-order valence-electron chi connectivity index (χ0n) is 21.1. The predicted octanol–water partition coefficient (Wildman–Crippen LogP) is 3.50. The van der Waals surface area contributed by atoms with Gasteiger partial charge in [0.15, 0.2) is 0 Å². The van der Waals surface area contributed by atoms with Gasteiger partial charge < -0.3 is 15.3 Å². The summed E-state index contributed by atoms with van der Waals surface area (Å²) in [5.74, 6) is -1.99. The van der Waals surface area contributed by atoms with Crippen LogP contribution in [0.25, 0.3) is 17.3 Å². The number of pyridine rings is 1. The minimum Gasteiger partial charge on any atom is -0.481 e. The van der Waals surface area contributed by atoms with Crippen LogP contribution in [0.1, 0.15) is 43.9 Å². The monoisotopic (exact) mass is 544 g/mol. The second kappa shape index (κ2) is 12.2. The number of rotatable bonds is 11. The predicted molar refractivity (Wildman–Crippen MR) is 141 cm³/mol. The number of benzene rings is 1. The number of carbonyl (C=O) groups is 1. The second-order valence-corrected chi connectivity index (χ2v) is 10.8. The largest absolute Gasteiger partial charge is 0.481 e. The van der Waals surface area contributed by atoms with Crippen molar-refractivity contribution in [3.05, 3.63) is 71.8 Å². The number of aromatic nitrogens is 3. The number of carboxylic acids is 1. The van der Waals surface area contributed by atoms with Gasteiger partial charge in [-0.25, -0.2) is 27.8 Å². The third-order valence-corrected chi connectivity index (χ3v) is 6.42. The van der Waals surface area contributed by atoms with E-state index in [-0.39, 0.29) is 29.8 Å². The molecule has 38 heavy (non-hydrogen) atoms. The summed E-state index contributed by atoms with van der Waals surface area (Å²) >= 11 is 0. The fourth-order valence-corrected chi connectivity index (χ4v) is 4.57. The first-order valence-corrected chi connectivity index (χ1v) is 13.6. The highest BCUT2D eigenvalue weighted by atomic mass is 32.2. The summed E-state index contributed by atoms with van der Waals surface area (Å²) in [6, 6.07) is 10.2. The van der Waals surface area contributed by atoms with E-state index in [9.17, 15) is 27.8 Å². The zero-order valence-corrected chi connectivity index (χ0v) is 21.9. The highest BCUT2D eigenvalue weighted by Gasteiger charge is 2.27. The highest BCUT2D eigenvalue weighted by Crippen LogP contribution is 2.34. The zero-order chi connectivity index (χ0) is 28.0. The van der Waals surface area contributed by atoms with Gasteiger partial charge in [-0.15, -0.1) is 0 Å². The fourth-order valence-electron chi connectivity index (χ4n) is 3.74. The molecule has 0 aliphatic rings. The van der Waals surface area contributed by atoms with E-state index in [1.165, 1.54) is 48.7 Å². The second-order valence-electron chi connectivity index (χ2n) is 8.96. The molecule has 0 aliphatic carbocycles. The van der Waals surface area contributed by atoms with Crippen LogP contribution in [0.15, 0.2) is 54.7 Å². The Morgan fingerprint density at radius 1 is 1.11 bits per heavy atom. The summed E-state index contributed by atoms with van der Waals surface area (Å²) in [6.45, 7) is 3.69. The molecule has 3 aromatic rings. The van der Waals surface area contributed by atoms with E-state index in [1.807, 2.05) is 13.8 Å². The van der Waals surface area contributed by atoms with Crippen LogP contribution in [0.4, 0.5) is 16.2 Å². The van der Waals surface area contributed by atoms with Crippen LogP contribution >= 0.6 is 0 Å². The molecule has 0 saturated heterocycles. The lowest BCUT2D eigenvalue weighted by molar-refractivity contribution is -0.139. The molecule has 3 rings (SSSR count). The molecule has 0 aliphatic heterocycles. The topological polar surface area (TPSA) is 154 Å². The number of sulfonamides is 1. The number of halogens is 1. The van der Waals surface area contributed by atoms with Crippen LogP contribution in [0, 0.1) is 5.82 Å². The fraction of sp³-hybridized carbons (Fsp3) is 0.308. The Hall–Kier alpha value is -3.74. The van der Waals surface area contributed by atoms with E-state index in [4.69, 9.17) is 5.11 Å². The molecule has 0 bridgehead atoms. The van der Waals surface area contributed by atoms with Gasteiger partial charge in [0.25, 0.3) is 0 Å². The van der Waals surface area contributed by atoms with Gasteiger partial charge in [-0.05, 0) is 42.3 Å². The van der Waals surface area contributed by atoms with Gasteiger partial charge >= 0.3 is 5.97 Å². The van der Waals surface area contributed by atoms with Crippen molar-refractivity contribution in [3.63, 3.8) is 0 Å². The first-order valence-electron chi connectivity index (χ1n) is 11.7. The highest BCUT2D eigenvalue weighted by molar-refractivity contribution is 7.92. The first-order chi connectivity index (χ1) is 17.9. The van der Waals surface area contributed by atoms with Crippen LogP contribution in [-0.2, 0) is 14.8 Å². The molecule has 202 valence electrons. The third-order valence-electron chi connectivity index (χ3n) is 5.41. The summed E-state index contributed by atoms with van der Waals surface area (Å²) in [5, 5.41) is 29.1. The summed E-state index contributed by atoms with van der Waals surface area (Å²) in [4.78, 5) is 24.1. The Balaban J connectivity index is 2.21. The van der Waals surface area contributed by atoms with Crippen molar-refractivity contribution in [1.29, 1.82) is 0 Å². The van der Waals surface area contributed by atoms with Crippen LogP contribution in [0.5, 0.6) is 0 Å². The number of aliphatic hydroxyl groups is 2. The van der Waals surface area contributed by atoms with Crippen LogP contribution in [0.3, 0.4) is 0 Å². The van der Waals surface area contributed by atoms with Crippen molar-refractivity contribution in [2.75, 3.05) is 10.6 Å². The van der Waals surface area contributed by atoms with E-state index in [2.05, 4.69) is 15.0 Å². The SMILES string of the molecule is CC(C)c1nc(N(c2ccccn2)S(C)(=O)=O)nc(-c2ccc(F)cc2)c1C=C[C@@H](O)C[C@@H](O)CC(=O)O. The van der Waals surface area contributed by atoms with E-state index >= 15 is 0 Å². The summed E-state index contributed by atoms with van der Waals surface area (Å²) < 4.78 is 40.3. The van der Waals surface area contributed by atoms with Crippen molar-refractivity contribution in [2.45, 2.75) is 44.8 Å². The Bertz CT molecular complexity index is 1400. The minimum atomic E-state index is -3.93. The number of carboxylic acid groups (broad SMARTS) is 1. The summed E-state index contributed by atoms with van der Waals surface area (Å²) in [7, 11) is -3.93. The first kappa shape index (κ1) is 28.8. The van der Waals surface area contributed by atoms with Gasteiger partial charge in [-0.3, -0.25) is 4.79 Å². The molecule has 2 atom stereocenters. The molecule has 1 aromatic carbocycles. The normalized spacial score (nSPS) is 13.6. The van der Waals surface area contributed by atoms with Gasteiger partial charge in [0.1, 0.15) is 11.6 Å². The molecule has 0 spiro atoms. The van der Waals surface area contributed by atoms with E-state index < -0.39 is 40.4 Å². The van der Waals surface area contributed by atoms with Crippen molar-refractivity contribution in [2.24, 2.45) is 0 Å².